The number of piperidine rings is 1. The van der Waals surface area contributed by atoms with E-state index in [0.29, 0.717) is 5.92 Å². The van der Waals surface area contributed by atoms with E-state index in [9.17, 15) is 4.79 Å². The lowest BCUT2D eigenvalue weighted by Gasteiger charge is -2.27. The minimum atomic E-state index is -0.587. The normalized spacial score (nSPS) is 38.8. The van der Waals surface area contributed by atoms with Crippen LogP contribution in [0.5, 0.6) is 0 Å². The Morgan fingerprint density at radius 1 is 1.33 bits per heavy atom. The van der Waals surface area contributed by atoms with Gasteiger partial charge in [0.15, 0.2) is 0 Å². The summed E-state index contributed by atoms with van der Waals surface area (Å²) in [6.45, 7) is 3.14. The van der Waals surface area contributed by atoms with E-state index in [0.717, 1.165) is 32.5 Å². The molecule has 4 heteroatoms. The predicted molar refractivity (Wildman–Crippen MR) is 47.5 cm³/mol. The summed E-state index contributed by atoms with van der Waals surface area (Å²) < 4.78 is 0. The van der Waals surface area contributed by atoms with Crippen LogP contribution >= 0.6 is 12.4 Å². The molecule has 0 aromatic rings. The van der Waals surface area contributed by atoms with Gasteiger partial charge in [0.25, 0.3) is 0 Å². The van der Waals surface area contributed by atoms with E-state index in [4.69, 9.17) is 5.11 Å². The summed E-state index contributed by atoms with van der Waals surface area (Å²) in [5, 5.41) is 8.84. The highest BCUT2D eigenvalue weighted by Crippen LogP contribution is 2.31. The molecule has 2 fully saturated rings. The molecule has 2 aliphatic rings. The minimum Gasteiger partial charge on any atom is -0.481 e. The molecule has 2 saturated heterocycles. The molecule has 2 aliphatic heterocycles. The van der Waals surface area contributed by atoms with Gasteiger partial charge in [0.05, 0.1) is 5.92 Å². The average molecular weight is 192 g/mol. The Kier molecular flexibility index (Phi) is 2.96. The van der Waals surface area contributed by atoms with E-state index in [1.807, 2.05) is 0 Å². The fourth-order valence-electron chi connectivity index (χ4n) is 2.28. The van der Waals surface area contributed by atoms with Crippen LogP contribution in [0.1, 0.15) is 12.8 Å². The Morgan fingerprint density at radius 3 is 2.67 bits per heavy atom. The Bertz CT molecular complexity index is 186. The molecule has 12 heavy (non-hydrogen) atoms. The maximum Gasteiger partial charge on any atom is 0.306 e. The lowest BCUT2D eigenvalue weighted by Crippen LogP contribution is -2.35. The van der Waals surface area contributed by atoms with Gasteiger partial charge in [0.2, 0.25) is 0 Å². The quantitative estimate of drug-likeness (QED) is 0.668. The first-order chi connectivity index (χ1) is 5.27. The third kappa shape index (κ3) is 1.57. The summed E-state index contributed by atoms with van der Waals surface area (Å²) in [6.07, 6.45) is 1.96. The predicted octanol–water partition coefficient (Wildman–Crippen LogP) is 0.835. The van der Waals surface area contributed by atoms with Crippen molar-refractivity contribution in [3.8, 4) is 0 Å². The maximum absolute atomic E-state index is 10.7. The molecule has 0 amide bonds. The van der Waals surface area contributed by atoms with Gasteiger partial charge >= 0.3 is 5.97 Å². The molecule has 3 nitrogen and oxygen atoms in total. The largest absolute Gasteiger partial charge is 0.481 e. The summed E-state index contributed by atoms with van der Waals surface area (Å²) in [4.78, 5) is 13.1. The van der Waals surface area contributed by atoms with Crippen LogP contribution in [0.4, 0.5) is 0 Å². The number of carboxylic acids is 1. The lowest BCUT2D eigenvalue weighted by molar-refractivity contribution is -0.144. The summed E-state index contributed by atoms with van der Waals surface area (Å²) in [5.74, 6) is -0.188. The molecule has 2 heterocycles. The van der Waals surface area contributed by atoms with Crippen molar-refractivity contribution in [1.82, 2.24) is 4.90 Å². The number of hydrogen-bond acceptors (Lipinski definition) is 2. The van der Waals surface area contributed by atoms with Crippen LogP contribution in [0.25, 0.3) is 0 Å². The van der Waals surface area contributed by atoms with Crippen LogP contribution in [0.15, 0.2) is 0 Å². The molecular weight excluding hydrogens is 178 g/mol. The highest BCUT2D eigenvalue weighted by Gasteiger charge is 2.37. The van der Waals surface area contributed by atoms with Gasteiger partial charge in [-0.15, -0.1) is 12.4 Å². The number of carbonyl (C=O) groups is 1. The SMILES string of the molecule is Cl.O=C(O)C1CCN2CCC1C2. The third-order valence-corrected chi connectivity index (χ3v) is 2.95. The number of fused-ring (bicyclic) bond motifs is 2. The number of rotatable bonds is 1. The van der Waals surface area contributed by atoms with Gasteiger partial charge in [0.1, 0.15) is 0 Å². The lowest BCUT2D eigenvalue weighted by atomic mass is 9.87. The van der Waals surface area contributed by atoms with Crippen molar-refractivity contribution in [2.45, 2.75) is 12.8 Å². The van der Waals surface area contributed by atoms with Gasteiger partial charge < -0.3 is 10.0 Å². The summed E-state index contributed by atoms with van der Waals surface area (Å²) in [6, 6.07) is 0. The van der Waals surface area contributed by atoms with E-state index in [-0.39, 0.29) is 18.3 Å². The van der Waals surface area contributed by atoms with Gasteiger partial charge in [-0.3, -0.25) is 4.79 Å². The van der Waals surface area contributed by atoms with E-state index < -0.39 is 5.97 Å². The molecule has 3 atom stereocenters. The van der Waals surface area contributed by atoms with Gasteiger partial charge in [0, 0.05) is 6.54 Å². The van der Waals surface area contributed by atoms with Crippen LogP contribution in [-0.4, -0.2) is 35.6 Å². The fourth-order valence-corrected chi connectivity index (χ4v) is 2.28. The molecule has 70 valence electrons. The Hall–Kier alpha value is -0.280. The van der Waals surface area contributed by atoms with Gasteiger partial charge in [-0.2, -0.15) is 0 Å². The average Bonchev–Trinajstić information content (AvgIpc) is 2.32. The fraction of sp³-hybridized carbons (Fsp3) is 0.875. The number of aliphatic carboxylic acids is 1. The zero-order chi connectivity index (χ0) is 7.84. The van der Waals surface area contributed by atoms with Crippen molar-refractivity contribution in [2.75, 3.05) is 19.6 Å². The molecule has 2 bridgehead atoms. The Morgan fingerprint density at radius 2 is 2.00 bits per heavy atom. The molecule has 0 spiro atoms. The zero-order valence-corrected chi connectivity index (χ0v) is 7.72. The van der Waals surface area contributed by atoms with E-state index in [2.05, 4.69) is 4.90 Å². The van der Waals surface area contributed by atoms with Crippen molar-refractivity contribution in [3.63, 3.8) is 0 Å². The molecular formula is C8H14ClNO2. The first kappa shape index (κ1) is 9.81. The monoisotopic (exact) mass is 191 g/mol. The molecule has 2 rings (SSSR count). The van der Waals surface area contributed by atoms with E-state index in [1.165, 1.54) is 0 Å². The smallest absolute Gasteiger partial charge is 0.306 e. The molecule has 0 aromatic heterocycles. The van der Waals surface area contributed by atoms with Crippen LogP contribution in [0.2, 0.25) is 0 Å². The topological polar surface area (TPSA) is 40.5 Å². The van der Waals surface area contributed by atoms with Crippen LogP contribution in [0, 0.1) is 11.8 Å². The van der Waals surface area contributed by atoms with Crippen molar-refractivity contribution in [1.29, 1.82) is 0 Å². The molecule has 0 aliphatic carbocycles. The molecule has 3 unspecified atom stereocenters. The standard InChI is InChI=1S/C8H13NO2.ClH/c10-8(11)7-2-4-9-3-1-6(7)5-9;/h6-7H,1-5H2,(H,10,11);1H. The second kappa shape index (κ2) is 3.62. The van der Waals surface area contributed by atoms with Crippen LogP contribution in [-0.2, 0) is 4.79 Å². The molecule has 1 N–H and O–H groups in total. The number of nitrogens with zero attached hydrogens (tertiary/aromatic N) is 1. The third-order valence-electron chi connectivity index (χ3n) is 2.95. The number of halogens is 1. The molecule has 0 aromatic carbocycles. The molecule has 0 saturated carbocycles. The van der Waals surface area contributed by atoms with Crippen molar-refractivity contribution < 1.29 is 9.90 Å². The van der Waals surface area contributed by atoms with Gasteiger partial charge in [-0.25, -0.2) is 0 Å². The van der Waals surface area contributed by atoms with Crippen LogP contribution < -0.4 is 0 Å². The van der Waals surface area contributed by atoms with Crippen molar-refractivity contribution in [3.05, 3.63) is 0 Å². The number of carboxylic acid groups (broad SMARTS) is 1. The zero-order valence-electron chi connectivity index (χ0n) is 6.90. The van der Waals surface area contributed by atoms with Crippen molar-refractivity contribution in [2.24, 2.45) is 11.8 Å². The van der Waals surface area contributed by atoms with E-state index >= 15 is 0 Å². The van der Waals surface area contributed by atoms with Gasteiger partial charge in [-0.05, 0) is 31.8 Å². The highest BCUT2D eigenvalue weighted by atomic mass is 35.5. The van der Waals surface area contributed by atoms with Crippen molar-refractivity contribution >= 4 is 18.4 Å². The summed E-state index contributed by atoms with van der Waals surface area (Å²) in [5.41, 5.74) is 0. The molecule has 0 radical (unpaired) electrons. The first-order valence-electron chi connectivity index (χ1n) is 4.22. The van der Waals surface area contributed by atoms with Gasteiger partial charge in [-0.1, -0.05) is 0 Å². The number of hydrogen-bond donors (Lipinski definition) is 1. The Balaban J connectivity index is 0.000000720. The highest BCUT2D eigenvalue weighted by molar-refractivity contribution is 5.85. The van der Waals surface area contributed by atoms with Crippen LogP contribution in [0.3, 0.4) is 0 Å². The Labute approximate surface area is 78.2 Å². The van der Waals surface area contributed by atoms with E-state index in [1.54, 1.807) is 0 Å². The summed E-state index contributed by atoms with van der Waals surface area (Å²) >= 11 is 0. The second-order valence-electron chi connectivity index (χ2n) is 3.58. The minimum absolute atomic E-state index is 0. The maximum atomic E-state index is 10.7. The summed E-state index contributed by atoms with van der Waals surface area (Å²) in [7, 11) is 0. The second-order valence-corrected chi connectivity index (χ2v) is 3.58. The first-order valence-corrected chi connectivity index (χ1v) is 4.22.